The third-order valence-electron chi connectivity index (χ3n) is 8.45. The fourth-order valence-electron chi connectivity index (χ4n) is 6.55. The molecule has 0 unspecified atom stereocenters. The number of aryl methyl sites for hydroxylation is 2. The van der Waals surface area contributed by atoms with Gasteiger partial charge in [0.1, 0.15) is 0 Å². The molecular formula is C37H23N5OPt. The van der Waals surface area contributed by atoms with E-state index in [0.29, 0.717) is 11.5 Å². The van der Waals surface area contributed by atoms with Crippen molar-refractivity contribution in [3.8, 4) is 22.6 Å². The van der Waals surface area contributed by atoms with Crippen molar-refractivity contribution in [2.24, 2.45) is 0 Å². The third-order valence-corrected chi connectivity index (χ3v) is 8.45. The van der Waals surface area contributed by atoms with Crippen LogP contribution in [-0.4, -0.2) is 23.8 Å². The van der Waals surface area contributed by atoms with Gasteiger partial charge in [0.15, 0.2) is 0 Å². The number of benzene rings is 4. The molecule has 44 heavy (non-hydrogen) atoms. The Balaban J connectivity index is 0.00000289. The first-order chi connectivity index (χ1) is 21.1. The van der Waals surface area contributed by atoms with E-state index >= 15 is 0 Å². The predicted octanol–water partition coefficient (Wildman–Crippen LogP) is 8.66. The quantitative estimate of drug-likeness (QED) is 0.134. The van der Waals surface area contributed by atoms with Crippen molar-refractivity contribution in [1.82, 2.24) is 23.8 Å². The number of imidazole rings is 2. The van der Waals surface area contributed by atoms with Crippen LogP contribution in [0.3, 0.4) is 0 Å². The summed E-state index contributed by atoms with van der Waals surface area (Å²) in [5.41, 5.74) is 8.82. The molecule has 0 atom stereocenters. The summed E-state index contributed by atoms with van der Waals surface area (Å²) in [6.07, 6.45) is 11.3. The first kappa shape index (κ1) is 26.6. The standard InChI is InChI=1S/C37H23N5O.Pt/c1-22-4-3-5-23(2)35(22)24-6-11-33-29(18-24)27-9-7-25(19-30(27)36-39-14-16-41(33)36)43-26-8-10-28-31(20-26)37-40-15-17-42(37)34-12-13-38-21-32(28)34;/h3-18,21H,1-2H3;/q-2;+2. The predicted molar refractivity (Wildman–Crippen MR) is 171 cm³/mol. The van der Waals surface area contributed by atoms with Crippen LogP contribution in [0.15, 0.2) is 104 Å². The van der Waals surface area contributed by atoms with Crippen molar-refractivity contribution < 1.29 is 25.8 Å². The van der Waals surface area contributed by atoms with Gasteiger partial charge in [-0.25, -0.2) is 0 Å². The number of pyridine rings is 3. The monoisotopic (exact) mass is 748 g/mol. The van der Waals surface area contributed by atoms with Crippen LogP contribution in [0.1, 0.15) is 11.1 Å². The van der Waals surface area contributed by atoms with Gasteiger partial charge < -0.3 is 13.5 Å². The normalized spacial score (nSPS) is 11.7. The van der Waals surface area contributed by atoms with Crippen LogP contribution in [0.4, 0.5) is 0 Å². The van der Waals surface area contributed by atoms with E-state index in [-0.39, 0.29) is 21.1 Å². The number of hydrogen-bond donors (Lipinski definition) is 0. The number of aromatic nitrogens is 5. The first-order valence-corrected chi connectivity index (χ1v) is 14.2. The minimum atomic E-state index is 0. The first-order valence-electron chi connectivity index (χ1n) is 14.2. The van der Waals surface area contributed by atoms with Crippen molar-refractivity contribution in [2.75, 3.05) is 0 Å². The zero-order chi connectivity index (χ0) is 28.7. The van der Waals surface area contributed by atoms with Crippen molar-refractivity contribution in [2.45, 2.75) is 13.8 Å². The second kappa shape index (κ2) is 10.0. The average molecular weight is 749 g/mol. The summed E-state index contributed by atoms with van der Waals surface area (Å²) in [5, 5.41) is 6.07. The van der Waals surface area contributed by atoms with E-state index in [9.17, 15) is 0 Å². The van der Waals surface area contributed by atoms with Gasteiger partial charge in [0, 0.05) is 59.7 Å². The van der Waals surface area contributed by atoms with Gasteiger partial charge in [-0.2, -0.15) is 0 Å². The second-order valence-corrected chi connectivity index (χ2v) is 11.0. The van der Waals surface area contributed by atoms with Crippen LogP contribution in [0.5, 0.6) is 11.5 Å². The molecular weight excluding hydrogens is 726 g/mol. The Kier molecular flexibility index (Phi) is 6.04. The molecule has 5 heterocycles. The topological polar surface area (TPSA) is 56.7 Å². The van der Waals surface area contributed by atoms with E-state index in [2.05, 4.69) is 93.3 Å². The van der Waals surface area contributed by atoms with Gasteiger partial charge in [-0.1, -0.05) is 76.1 Å². The number of ether oxygens (including phenoxy) is 1. The van der Waals surface area contributed by atoms with Crippen LogP contribution < -0.4 is 4.74 Å². The van der Waals surface area contributed by atoms with E-state index in [1.54, 1.807) is 12.4 Å². The summed E-state index contributed by atoms with van der Waals surface area (Å²) in [5.74, 6) is 1.19. The van der Waals surface area contributed by atoms with E-state index in [0.717, 1.165) is 54.6 Å². The Labute approximate surface area is 266 Å². The van der Waals surface area contributed by atoms with E-state index in [1.807, 2.05) is 43.0 Å². The number of rotatable bonds is 3. The van der Waals surface area contributed by atoms with Crippen LogP contribution in [-0.2, 0) is 21.1 Å². The molecule has 7 heteroatoms. The molecule has 0 aliphatic rings. The minimum absolute atomic E-state index is 0. The molecule has 212 valence electrons. The van der Waals surface area contributed by atoms with Crippen LogP contribution in [0.25, 0.3) is 65.8 Å². The molecule has 0 amide bonds. The average Bonchev–Trinajstić information content (AvgIpc) is 3.72. The summed E-state index contributed by atoms with van der Waals surface area (Å²) < 4.78 is 10.6. The summed E-state index contributed by atoms with van der Waals surface area (Å²) in [7, 11) is 0. The van der Waals surface area contributed by atoms with Gasteiger partial charge >= 0.3 is 21.1 Å². The van der Waals surface area contributed by atoms with Crippen molar-refractivity contribution in [1.29, 1.82) is 0 Å². The molecule has 0 radical (unpaired) electrons. The van der Waals surface area contributed by atoms with Crippen LogP contribution >= 0.6 is 0 Å². The number of nitrogens with zero attached hydrogens (tertiary/aromatic N) is 5. The molecule has 0 saturated carbocycles. The molecule has 0 saturated heterocycles. The van der Waals surface area contributed by atoms with Crippen molar-refractivity contribution in [3.63, 3.8) is 0 Å². The summed E-state index contributed by atoms with van der Waals surface area (Å²) in [6.45, 7) is 4.34. The maximum atomic E-state index is 6.39. The molecule has 0 bridgehead atoms. The van der Waals surface area contributed by atoms with Crippen LogP contribution in [0, 0.1) is 26.0 Å². The Morgan fingerprint density at radius 3 is 1.91 bits per heavy atom. The smallest absolute Gasteiger partial charge is 0.497 e. The Bertz CT molecular complexity index is 2560. The van der Waals surface area contributed by atoms with Gasteiger partial charge in [0.2, 0.25) is 0 Å². The Morgan fingerprint density at radius 1 is 0.636 bits per heavy atom. The third kappa shape index (κ3) is 3.88. The van der Waals surface area contributed by atoms with Gasteiger partial charge in [0.05, 0.1) is 11.3 Å². The van der Waals surface area contributed by atoms with Gasteiger partial charge in [-0.3, -0.25) is 15.0 Å². The molecule has 5 aromatic heterocycles. The largest absolute Gasteiger partial charge is 2.00 e. The molecule has 0 aliphatic carbocycles. The zero-order valence-electron chi connectivity index (χ0n) is 23.8. The van der Waals surface area contributed by atoms with Gasteiger partial charge in [0.25, 0.3) is 0 Å². The number of fused-ring (bicyclic) bond motifs is 12. The second-order valence-electron chi connectivity index (χ2n) is 11.0. The zero-order valence-corrected chi connectivity index (χ0v) is 26.0. The minimum Gasteiger partial charge on any atom is -0.497 e. The molecule has 0 spiro atoms. The molecule has 0 fully saturated rings. The molecule has 0 N–H and O–H groups in total. The van der Waals surface area contributed by atoms with Crippen molar-refractivity contribution in [3.05, 3.63) is 127 Å². The molecule has 6 nitrogen and oxygen atoms in total. The Morgan fingerprint density at radius 2 is 1.25 bits per heavy atom. The van der Waals surface area contributed by atoms with Crippen LogP contribution in [0.2, 0.25) is 0 Å². The molecule has 0 aliphatic heterocycles. The van der Waals surface area contributed by atoms with Crippen molar-refractivity contribution >= 4 is 54.6 Å². The van der Waals surface area contributed by atoms with E-state index in [4.69, 9.17) is 9.72 Å². The summed E-state index contributed by atoms with van der Waals surface area (Å²) in [6, 6.07) is 30.2. The molecule has 9 rings (SSSR count). The molecule has 9 aromatic rings. The Hall–Kier alpha value is -5.06. The van der Waals surface area contributed by atoms with E-state index < -0.39 is 0 Å². The summed E-state index contributed by atoms with van der Waals surface area (Å²) >= 11 is 0. The summed E-state index contributed by atoms with van der Waals surface area (Å²) in [4.78, 5) is 13.7. The van der Waals surface area contributed by atoms with Gasteiger partial charge in [-0.05, 0) is 59.0 Å². The maximum Gasteiger partial charge on any atom is 2.00 e. The fourth-order valence-corrected chi connectivity index (χ4v) is 6.55. The fraction of sp³-hybridized carbons (Fsp3) is 0.0541. The van der Waals surface area contributed by atoms with Gasteiger partial charge in [-0.15, -0.1) is 12.1 Å². The SMILES string of the molecule is Cc1cccc(C)c1-c1ccc2c(c1)c1ccc(Oc3[c-]c4c(cc3)c3cnccc3n3ccnc43)[c-]c1c1nccn21.[Pt+2]. The number of hydrogen-bond acceptors (Lipinski definition) is 4. The maximum absolute atomic E-state index is 6.39. The molecule has 4 aromatic carbocycles. The van der Waals surface area contributed by atoms with E-state index in [1.165, 1.54) is 22.3 Å².